The smallest absolute Gasteiger partial charge is 0.337 e. The van der Waals surface area contributed by atoms with Gasteiger partial charge < -0.3 is 14.6 Å². The average Bonchev–Trinajstić information content (AvgIpc) is 3.39. The number of benzene rings is 2. The number of aryl methyl sites for hydroxylation is 1. The van der Waals surface area contributed by atoms with Gasteiger partial charge in [0.25, 0.3) is 0 Å². The Balaban J connectivity index is 1.51. The Hall–Kier alpha value is -3.13. The molecule has 1 amide bonds. The molecule has 0 fully saturated rings. The van der Waals surface area contributed by atoms with E-state index in [4.69, 9.17) is 27.9 Å². The quantitative estimate of drug-likeness (QED) is 0.299. The van der Waals surface area contributed by atoms with Crippen molar-refractivity contribution in [3.05, 3.63) is 86.5 Å². The lowest BCUT2D eigenvalue weighted by molar-refractivity contribution is -0.115. The van der Waals surface area contributed by atoms with Gasteiger partial charge in [0.05, 0.1) is 34.8 Å². The number of carbonyl (C=O) groups excluding carboxylic acids is 2. The van der Waals surface area contributed by atoms with Crippen LogP contribution in [-0.2, 0) is 16.0 Å². The zero-order valence-corrected chi connectivity index (χ0v) is 21.0. The second-order valence-electron chi connectivity index (χ2n) is 7.67. The number of hydrogen-bond donors (Lipinski definition) is 1. The topological polar surface area (TPSA) is 73.2 Å². The molecule has 0 bridgehead atoms. The molecule has 0 saturated carbocycles. The molecule has 0 aliphatic carbocycles. The summed E-state index contributed by atoms with van der Waals surface area (Å²) >= 11 is 13.3. The van der Waals surface area contributed by atoms with E-state index in [2.05, 4.69) is 20.9 Å². The summed E-state index contributed by atoms with van der Waals surface area (Å²) in [4.78, 5) is 28.8. The number of esters is 1. The summed E-state index contributed by atoms with van der Waals surface area (Å²) < 4.78 is 6.87. The van der Waals surface area contributed by atoms with Gasteiger partial charge in [-0.1, -0.05) is 29.3 Å². The Morgan fingerprint density at radius 3 is 2.47 bits per heavy atom. The molecule has 0 aliphatic heterocycles. The van der Waals surface area contributed by atoms with Crippen LogP contribution in [0, 0.1) is 13.8 Å². The molecule has 0 atom stereocenters. The van der Waals surface area contributed by atoms with E-state index in [1.807, 2.05) is 31.4 Å². The summed E-state index contributed by atoms with van der Waals surface area (Å²) in [5.74, 6) is -0.556. The minimum atomic E-state index is -0.371. The maximum Gasteiger partial charge on any atom is 0.337 e. The third-order valence-corrected chi connectivity index (χ3v) is 6.85. The molecule has 0 aliphatic rings. The van der Waals surface area contributed by atoms with Crippen LogP contribution in [0.25, 0.3) is 16.9 Å². The van der Waals surface area contributed by atoms with Crippen LogP contribution < -0.4 is 5.32 Å². The number of thiazole rings is 1. The van der Waals surface area contributed by atoms with Gasteiger partial charge in [-0.05, 0) is 61.9 Å². The van der Waals surface area contributed by atoms with Gasteiger partial charge in [0.1, 0.15) is 0 Å². The van der Waals surface area contributed by atoms with Crippen molar-refractivity contribution in [3.8, 4) is 16.9 Å². The Labute approximate surface area is 211 Å². The number of amides is 1. The van der Waals surface area contributed by atoms with Gasteiger partial charge in [-0.25, -0.2) is 9.78 Å². The number of carbonyl (C=O) groups is 2. The SMILES string of the molecule is COC(=O)c1ccc(-n2c(C)cc(-c3csc(NC(=O)Cc4ccc(Cl)c(Cl)c4)n3)c2C)cc1. The van der Waals surface area contributed by atoms with Gasteiger partial charge in [0, 0.05) is 28.0 Å². The molecule has 6 nitrogen and oxygen atoms in total. The van der Waals surface area contributed by atoms with Gasteiger partial charge in [-0.3, -0.25) is 4.79 Å². The second-order valence-corrected chi connectivity index (χ2v) is 9.34. The van der Waals surface area contributed by atoms with Crippen LogP contribution in [0.3, 0.4) is 0 Å². The summed E-state index contributed by atoms with van der Waals surface area (Å²) in [6.07, 6.45) is 0.169. The highest BCUT2D eigenvalue weighted by Crippen LogP contribution is 2.32. The van der Waals surface area contributed by atoms with Crippen molar-refractivity contribution in [1.82, 2.24) is 9.55 Å². The summed E-state index contributed by atoms with van der Waals surface area (Å²) in [5.41, 5.74) is 5.97. The van der Waals surface area contributed by atoms with Crippen molar-refractivity contribution in [2.24, 2.45) is 0 Å². The van der Waals surface area contributed by atoms with Crippen LogP contribution in [0.5, 0.6) is 0 Å². The first kappa shape index (κ1) is 24.0. The van der Waals surface area contributed by atoms with Gasteiger partial charge in [0.15, 0.2) is 5.13 Å². The van der Waals surface area contributed by atoms with Gasteiger partial charge in [0.2, 0.25) is 5.91 Å². The first-order valence-corrected chi connectivity index (χ1v) is 12.0. The maximum atomic E-state index is 12.5. The molecule has 4 rings (SSSR count). The molecule has 0 spiro atoms. The van der Waals surface area contributed by atoms with Gasteiger partial charge >= 0.3 is 5.97 Å². The number of nitrogens with one attached hydrogen (secondary N) is 1. The third-order valence-electron chi connectivity index (χ3n) is 5.35. The minimum absolute atomic E-state index is 0.169. The highest BCUT2D eigenvalue weighted by molar-refractivity contribution is 7.14. The number of methoxy groups -OCH3 is 1. The molecule has 0 saturated heterocycles. The van der Waals surface area contributed by atoms with Crippen molar-refractivity contribution in [3.63, 3.8) is 0 Å². The minimum Gasteiger partial charge on any atom is -0.465 e. The normalized spacial score (nSPS) is 10.9. The lowest BCUT2D eigenvalue weighted by Gasteiger charge is -2.10. The number of aromatic nitrogens is 2. The number of rotatable bonds is 6. The van der Waals surface area contributed by atoms with E-state index in [-0.39, 0.29) is 18.3 Å². The molecule has 34 heavy (non-hydrogen) atoms. The molecular formula is C25H21Cl2N3O3S. The van der Waals surface area contributed by atoms with Crippen LogP contribution in [0.15, 0.2) is 53.9 Å². The standard InChI is InChI=1S/C25H21Cl2N3O3S/c1-14-10-19(15(2)30(14)18-7-5-17(6-8-18)24(32)33-3)22-13-34-25(28-22)29-23(31)12-16-4-9-20(26)21(27)11-16/h4-11,13H,12H2,1-3H3,(H,28,29,31). The van der Waals surface area contributed by atoms with E-state index in [0.29, 0.717) is 20.7 Å². The van der Waals surface area contributed by atoms with Gasteiger partial charge in [-0.2, -0.15) is 0 Å². The lowest BCUT2D eigenvalue weighted by Crippen LogP contribution is -2.14. The number of nitrogens with zero attached hydrogens (tertiary/aromatic N) is 2. The van der Waals surface area contributed by atoms with Gasteiger partial charge in [-0.15, -0.1) is 11.3 Å². The van der Waals surface area contributed by atoms with E-state index >= 15 is 0 Å². The monoisotopic (exact) mass is 513 g/mol. The van der Waals surface area contributed by atoms with Crippen LogP contribution in [0.1, 0.15) is 27.3 Å². The fourth-order valence-electron chi connectivity index (χ4n) is 3.74. The van der Waals surface area contributed by atoms with Crippen molar-refractivity contribution in [1.29, 1.82) is 0 Å². The Morgan fingerprint density at radius 1 is 1.06 bits per heavy atom. The van der Waals surface area contributed by atoms with E-state index in [1.54, 1.807) is 30.3 Å². The zero-order valence-electron chi connectivity index (χ0n) is 18.7. The molecule has 0 unspecified atom stereocenters. The summed E-state index contributed by atoms with van der Waals surface area (Å²) in [6, 6.07) is 14.4. The first-order valence-electron chi connectivity index (χ1n) is 10.3. The molecule has 2 heterocycles. The van der Waals surface area contributed by atoms with Crippen LogP contribution in [-0.4, -0.2) is 28.5 Å². The van der Waals surface area contributed by atoms with Crippen molar-refractivity contribution in [2.45, 2.75) is 20.3 Å². The summed E-state index contributed by atoms with van der Waals surface area (Å²) in [5, 5.41) is 6.16. The van der Waals surface area contributed by atoms with Crippen molar-refractivity contribution >= 4 is 51.5 Å². The number of ether oxygens (including phenoxy) is 1. The van der Waals surface area contributed by atoms with Crippen LogP contribution >= 0.6 is 34.5 Å². The molecule has 174 valence electrons. The molecule has 2 aromatic heterocycles. The van der Waals surface area contributed by atoms with Crippen molar-refractivity contribution < 1.29 is 14.3 Å². The second kappa shape index (κ2) is 10.0. The van der Waals surface area contributed by atoms with Crippen LogP contribution in [0.2, 0.25) is 10.0 Å². The summed E-state index contributed by atoms with van der Waals surface area (Å²) in [7, 11) is 1.36. The summed E-state index contributed by atoms with van der Waals surface area (Å²) in [6.45, 7) is 4.02. The first-order chi connectivity index (χ1) is 16.3. The van der Waals surface area contributed by atoms with Crippen molar-refractivity contribution in [2.75, 3.05) is 12.4 Å². The predicted molar refractivity (Wildman–Crippen MR) is 136 cm³/mol. The zero-order chi connectivity index (χ0) is 24.4. The van der Waals surface area contributed by atoms with E-state index < -0.39 is 0 Å². The number of halogens is 2. The molecule has 1 N–H and O–H groups in total. The third kappa shape index (κ3) is 5.01. The molecular weight excluding hydrogens is 493 g/mol. The van der Waals surface area contributed by atoms with E-state index in [1.165, 1.54) is 18.4 Å². The molecule has 9 heteroatoms. The Kier molecular flexibility index (Phi) is 7.07. The van der Waals surface area contributed by atoms with E-state index in [0.717, 1.165) is 33.9 Å². The number of anilines is 1. The van der Waals surface area contributed by atoms with E-state index in [9.17, 15) is 9.59 Å². The largest absolute Gasteiger partial charge is 0.465 e. The molecule has 0 radical (unpaired) electrons. The lowest BCUT2D eigenvalue weighted by atomic mass is 10.1. The maximum absolute atomic E-state index is 12.5. The molecule has 2 aromatic carbocycles. The number of hydrogen-bond acceptors (Lipinski definition) is 5. The fraction of sp³-hybridized carbons (Fsp3) is 0.160. The fourth-order valence-corrected chi connectivity index (χ4v) is 4.78. The molecule has 4 aromatic rings. The average molecular weight is 514 g/mol. The highest BCUT2D eigenvalue weighted by Gasteiger charge is 2.16. The Morgan fingerprint density at radius 2 is 1.79 bits per heavy atom. The Bertz CT molecular complexity index is 1380. The predicted octanol–water partition coefficient (Wildman–Crippen LogP) is 6.49. The highest BCUT2D eigenvalue weighted by atomic mass is 35.5. The van der Waals surface area contributed by atoms with Crippen LogP contribution in [0.4, 0.5) is 5.13 Å².